The number of benzene rings is 1. The number of nitrogens with zero attached hydrogens (tertiary/aromatic N) is 1. The number of ether oxygens (including phenoxy) is 1. The van der Waals surface area contributed by atoms with Gasteiger partial charge < -0.3 is 15.0 Å². The van der Waals surface area contributed by atoms with E-state index in [2.05, 4.69) is 15.3 Å². The highest BCUT2D eigenvalue weighted by molar-refractivity contribution is 8.00. The van der Waals surface area contributed by atoms with Gasteiger partial charge in [0.05, 0.1) is 23.1 Å². The summed E-state index contributed by atoms with van der Waals surface area (Å²) in [6, 6.07) is 5.04. The fourth-order valence-corrected chi connectivity index (χ4v) is 3.76. The Balaban J connectivity index is 1.68. The van der Waals surface area contributed by atoms with Crippen molar-refractivity contribution in [2.45, 2.75) is 36.6 Å². The molecule has 8 heteroatoms. The molecule has 0 aliphatic heterocycles. The lowest BCUT2D eigenvalue weighted by Crippen LogP contribution is -2.23. The number of carbonyl (C=O) groups is 1. The van der Waals surface area contributed by atoms with E-state index in [0.29, 0.717) is 21.6 Å². The van der Waals surface area contributed by atoms with Crippen LogP contribution in [-0.2, 0) is 17.6 Å². The Morgan fingerprint density at radius 2 is 2.24 bits per heavy atom. The summed E-state index contributed by atoms with van der Waals surface area (Å²) in [5, 5.41) is 3.27. The number of hydrogen-bond donors (Lipinski definition) is 2. The molecule has 0 spiro atoms. The third kappa shape index (κ3) is 3.99. The monoisotopic (exact) mass is 379 g/mol. The van der Waals surface area contributed by atoms with Crippen LogP contribution in [0.4, 0.5) is 5.69 Å². The van der Waals surface area contributed by atoms with Crippen molar-refractivity contribution in [3.8, 4) is 5.75 Å². The van der Waals surface area contributed by atoms with Gasteiger partial charge in [-0.25, -0.2) is 4.98 Å². The van der Waals surface area contributed by atoms with Crippen LogP contribution in [0.2, 0.25) is 5.02 Å². The van der Waals surface area contributed by atoms with Crippen molar-refractivity contribution in [1.29, 1.82) is 0 Å². The van der Waals surface area contributed by atoms with Crippen LogP contribution in [0.5, 0.6) is 5.75 Å². The first-order valence-electron chi connectivity index (χ1n) is 7.91. The van der Waals surface area contributed by atoms with Crippen molar-refractivity contribution in [2.24, 2.45) is 0 Å². The maximum Gasteiger partial charge on any atom is 0.254 e. The van der Waals surface area contributed by atoms with Crippen molar-refractivity contribution in [2.75, 3.05) is 12.4 Å². The Labute approximate surface area is 154 Å². The zero-order valence-corrected chi connectivity index (χ0v) is 15.5. The third-order valence-electron chi connectivity index (χ3n) is 4.00. The van der Waals surface area contributed by atoms with E-state index in [9.17, 15) is 9.59 Å². The minimum Gasteiger partial charge on any atom is -0.495 e. The minimum atomic E-state index is -0.427. The van der Waals surface area contributed by atoms with Gasteiger partial charge >= 0.3 is 0 Å². The zero-order chi connectivity index (χ0) is 18.0. The van der Waals surface area contributed by atoms with Gasteiger partial charge in [0.2, 0.25) is 5.91 Å². The van der Waals surface area contributed by atoms with Gasteiger partial charge in [0.1, 0.15) is 5.75 Å². The summed E-state index contributed by atoms with van der Waals surface area (Å²) in [5.74, 6) is 0.344. The van der Waals surface area contributed by atoms with E-state index in [4.69, 9.17) is 16.3 Å². The van der Waals surface area contributed by atoms with Gasteiger partial charge in [0, 0.05) is 11.3 Å². The molecule has 1 aromatic carbocycles. The molecule has 132 valence electrons. The fourth-order valence-electron chi connectivity index (χ4n) is 2.68. The number of halogens is 1. The normalized spacial score (nSPS) is 14.0. The molecule has 6 nitrogen and oxygen atoms in total. The molecule has 1 aliphatic rings. The number of fused-ring (bicyclic) bond motifs is 1. The summed E-state index contributed by atoms with van der Waals surface area (Å²) in [5.41, 5.74) is 2.10. The second-order valence-corrected chi connectivity index (χ2v) is 7.49. The van der Waals surface area contributed by atoms with Crippen LogP contribution in [0, 0.1) is 0 Å². The van der Waals surface area contributed by atoms with Crippen molar-refractivity contribution in [3.63, 3.8) is 0 Å². The van der Waals surface area contributed by atoms with Crippen molar-refractivity contribution < 1.29 is 9.53 Å². The van der Waals surface area contributed by atoms with Crippen LogP contribution in [0.3, 0.4) is 0 Å². The Bertz CT molecular complexity index is 869. The molecule has 2 N–H and O–H groups in total. The summed E-state index contributed by atoms with van der Waals surface area (Å²) in [6.07, 6.45) is 2.54. The molecule has 0 saturated heterocycles. The molecule has 3 rings (SSSR count). The molecule has 1 aromatic heterocycles. The largest absolute Gasteiger partial charge is 0.495 e. The summed E-state index contributed by atoms with van der Waals surface area (Å²) in [4.78, 5) is 31.6. The topological polar surface area (TPSA) is 84.1 Å². The number of carbonyl (C=O) groups excluding carboxylic acids is 1. The molecule has 0 saturated carbocycles. The highest BCUT2D eigenvalue weighted by Crippen LogP contribution is 2.28. The quantitative estimate of drug-likeness (QED) is 0.616. The number of aromatic nitrogens is 2. The lowest BCUT2D eigenvalue weighted by molar-refractivity contribution is -0.115. The second-order valence-electron chi connectivity index (χ2n) is 5.75. The second kappa shape index (κ2) is 7.49. The minimum absolute atomic E-state index is 0.0976. The Hall–Kier alpha value is -1.99. The molecular weight excluding hydrogens is 362 g/mol. The van der Waals surface area contributed by atoms with E-state index in [-0.39, 0.29) is 11.5 Å². The lowest BCUT2D eigenvalue weighted by Gasteiger charge is -2.13. The van der Waals surface area contributed by atoms with Gasteiger partial charge in [-0.3, -0.25) is 9.59 Å². The van der Waals surface area contributed by atoms with E-state index >= 15 is 0 Å². The summed E-state index contributed by atoms with van der Waals surface area (Å²) < 4.78 is 5.09. The van der Waals surface area contributed by atoms with Crippen molar-refractivity contribution >= 4 is 35.0 Å². The van der Waals surface area contributed by atoms with Crippen LogP contribution >= 0.6 is 23.4 Å². The molecule has 1 aliphatic carbocycles. The number of amides is 1. The molecule has 0 bridgehead atoms. The number of methoxy groups -OCH3 is 1. The SMILES string of the molecule is COc1ccc(NC(=O)C(C)Sc2nc3c(c(=O)[nH]2)CCC3)cc1Cl. The summed E-state index contributed by atoms with van der Waals surface area (Å²) >= 11 is 7.29. The highest BCUT2D eigenvalue weighted by Gasteiger charge is 2.20. The van der Waals surface area contributed by atoms with Crippen LogP contribution in [-0.4, -0.2) is 28.2 Å². The number of nitrogens with one attached hydrogen (secondary N) is 2. The molecule has 1 atom stereocenters. The Kier molecular flexibility index (Phi) is 5.34. The van der Waals surface area contributed by atoms with Crippen molar-refractivity contribution in [3.05, 3.63) is 44.8 Å². The van der Waals surface area contributed by atoms with Crippen LogP contribution in [0.25, 0.3) is 0 Å². The van der Waals surface area contributed by atoms with Crippen LogP contribution in [0.1, 0.15) is 24.6 Å². The Morgan fingerprint density at radius 3 is 2.96 bits per heavy atom. The average Bonchev–Trinajstić information content (AvgIpc) is 3.04. The standard InChI is InChI=1S/C17H18ClN3O3S/c1-9(15(22)19-10-6-7-14(24-2)12(18)8-10)25-17-20-13-5-3-4-11(13)16(23)21-17/h6-9H,3-5H2,1-2H3,(H,19,22)(H,20,21,23). The number of H-pyrrole nitrogens is 1. The zero-order valence-electron chi connectivity index (χ0n) is 13.9. The van der Waals surface area contributed by atoms with Crippen molar-refractivity contribution in [1.82, 2.24) is 9.97 Å². The predicted octanol–water partition coefficient (Wildman–Crippen LogP) is 3.04. The smallest absolute Gasteiger partial charge is 0.254 e. The number of hydrogen-bond acceptors (Lipinski definition) is 5. The number of rotatable bonds is 5. The van der Waals surface area contributed by atoms with Gasteiger partial charge in [0.25, 0.3) is 5.56 Å². The molecule has 1 amide bonds. The van der Waals surface area contributed by atoms with Gasteiger partial charge in [-0.2, -0.15) is 0 Å². The third-order valence-corrected chi connectivity index (χ3v) is 5.28. The van der Waals surface area contributed by atoms with E-state index in [0.717, 1.165) is 30.5 Å². The molecule has 1 heterocycles. The number of thioether (sulfide) groups is 1. The van der Waals surface area contributed by atoms with Gasteiger partial charge in [0.15, 0.2) is 5.16 Å². The van der Waals surface area contributed by atoms with Gasteiger partial charge in [-0.1, -0.05) is 23.4 Å². The lowest BCUT2D eigenvalue weighted by atomic mass is 10.3. The maximum absolute atomic E-state index is 12.4. The fraction of sp³-hybridized carbons (Fsp3) is 0.353. The molecule has 2 aromatic rings. The molecule has 25 heavy (non-hydrogen) atoms. The van der Waals surface area contributed by atoms with Gasteiger partial charge in [-0.15, -0.1) is 0 Å². The first-order valence-corrected chi connectivity index (χ1v) is 9.17. The van der Waals surface area contributed by atoms with Gasteiger partial charge in [-0.05, 0) is 44.4 Å². The number of aromatic amines is 1. The summed E-state index contributed by atoms with van der Waals surface area (Å²) in [7, 11) is 1.53. The first kappa shape index (κ1) is 17.8. The van der Waals surface area contributed by atoms with E-state index in [1.165, 1.54) is 18.9 Å². The first-order chi connectivity index (χ1) is 12.0. The van der Waals surface area contributed by atoms with E-state index < -0.39 is 5.25 Å². The predicted molar refractivity (Wildman–Crippen MR) is 98.8 cm³/mol. The van der Waals surface area contributed by atoms with Crippen LogP contribution < -0.4 is 15.6 Å². The number of aryl methyl sites for hydroxylation is 1. The highest BCUT2D eigenvalue weighted by atomic mass is 35.5. The van der Waals surface area contributed by atoms with Crippen LogP contribution in [0.15, 0.2) is 28.2 Å². The Morgan fingerprint density at radius 1 is 1.44 bits per heavy atom. The summed E-state index contributed by atoms with van der Waals surface area (Å²) in [6.45, 7) is 1.76. The average molecular weight is 380 g/mol. The number of anilines is 1. The molecule has 0 radical (unpaired) electrons. The molecule has 1 unspecified atom stereocenters. The molecular formula is C17H18ClN3O3S. The van der Waals surface area contributed by atoms with E-state index in [1.807, 2.05) is 0 Å². The maximum atomic E-state index is 12.4. The van der Waals surface area contributed by atoms with E-state index in [1.54, 1.807) is 25.1 Å². The molecule has 0 fully saturated rings.